The van der Waals surface area contributed by atoms with Gasteiger partial charge < -0.3 is 10.1 Å². The first-order chi connectivity index (χ1) is 13.7. The van der Waals surface area contributed by atoms with Crippen molar-refractivity contribution in [1.29, 1.82) is 0 Å². The van der Waals surface area contributed by atoms with E-state index in [2.05, 4.69) is 30.6 Å². The van der Waals surface area contributed by atoms with Crippen LogP contribution in [0.25, 0.3) is 16.4 Å². The van der Waals surface area contributed by atoms with Gasteiger partial charge in [-0.05, 0) is 36.4 Å². The lowest BCUT2D eigenvalue weighted by atomic mass is 10.2. The number of benzene rings is 1. The van der Waals surface area contributed by atoms with Gasteiger partial charge in [0.05, 0.1) is 19.3 Å². The summed E-state index contributed by atoms with van der Waals surface area (Å²) in [5, 5.41) is 17.5. The summed E-state index contributed by atoms with van der Waals surface area (Å²) in [4.78, 5) is 20.7. The molecule has 4 aromatic rings. The first-order valence-electron chi connectivity index (χ1n) is 8.28. The Morgan fingerprint density at radius 1 is 1.18 bits per heavy atom. The zero-order chi connectivity index (χ0) is 19.3. The molecule has 0 bridgehead atoms. The molecule has 0 fully saturated rings. The number of carbonyl (C=O) groups is 1. The van der Waals surface area contributed by atoms with E-state index in [0.717, 1.165) is 22.0 Å². The van der Waals surface area contributed by atoms with Crippen molar-refractivity contribution in [1.82, 2.24) is 35.3 Å². The average molecular weight is 393 g/mol. The van der Waals surface area contributed by atoms with Crippen molar-refractivity contribution in [2.45, 2.75) is 6.54 Å². The van der Waals surface area contributed by atoms with Gasteiger partial charge in [-0.25, -0.2) is 14.6 Å². The van der Waals surface area contributed by atoms with Crippen LogP contribution in [0.4, 0.5) is 0 Å². The van der Waals surface area contributed by atoms with E-state index in [1.807, 2.05) is 29.6 Å². The number of ether oxygens (including phenoxy) is 1. The van der Waals surface area contributed by atoms with E-state index >= 15 is 0 Å². The zero-order valence-corrected chi connectivity index (χ0v) is 15.6. The van der Waals surface area contributed by atoms with E-state index in [-0.39, 0.29) is 11.6 Å². The molecule has 3 heterocycles. The van der Waals surface area contributed by atoms with Gasteiger partial charge >= 0.3 is 0 Å². The molecule has 28 heavy (non-hydrogen) atoms. The summed E-state index contributed by atoms with van der Waals surface area (Å²) < 4.78 is 6.63. The molecule has 1 amide bonds. The van der Waals surface area contributed by atoms with Crippen molar-refractivity contribution in [3.63, 3.8) is 0 Å². The van der Waals surface area contributed by atoms with Gasteiger partial charge in [-0.3, -0.25) is 4.79 Å². The van der Waals surface area contributed by atoms with Gasteiger partial charge in [0, 0.05) is 10.9 Å². The number of hydrogen-bond acceptors (Lipinski definition) is 8. The third-order valence-corrected chi connectivity index (χ3v) is 4.80. The first-order valence-corrected chi connectivity index (χ1v) is 9.16. The lowest BCUT2D eigenvalue weighted by Gasteiger charge is -2.03. The molecule has 0 aliphatic heterocycles. The maximum atomic E-state index is 12.3. The van der Waals surface area contributed by atoms with Crippen LogP contribution in [-0.2, 0) is 6.54 Å². The highest BCUT2D eigenvalue weighted by Gasteiger charge is 2.11. The standard InChI is InChI=1S/C18H15N7O2S/c1-27-14-4-2-12(3-5-14)18-22-13(9-28-18)8-20-17(26)15-6-7-16(24-23-15)25-11-19-10-21-25/h2-7,9-11H,8H2,1H3,(H,20,26). The predicted octanol–water partition coefficient (Wildman–Crippen LogP) is 2.12. The second kappa shape index (κ2) is 7.92. The predicted molar refractivity (Wildman–Crippen MR) is 102 cm³/mol. The fraction of sp³-hybridized carbons (Fsp3) is 0.111. The summed E-state index contributed by atoms with van der Waals surface area (Å²) in [5.41, 5.74) is 1.99. The van der Waals surface area contributed by atoms with Gasteiger partial charge in [-0.1, -0.05) is 0 Å². The lowest BCUT2D eigenvalue weighted by Crippen LogP contribution is -2.24. The topological polar surface area (TPSA) is 108 Å². The number of hydrogen-bond donors (Lipinski definition) is 1. The molecule has 0 aliphatic carbocycles. The number of amides is 1. The normalized spacial score (nSPS) is 10.6. The van der Waals surface area contributed by atoms with Crippen molar-refractivity contribution in [3.8, 4) is 22.1 Å². The third kappa shape index (κ3) is 3.86. The molecule has 140 valence electrons. The smallest absolute Gasteiger partial charge is 0.272 e. The molecule has 4 rings (SSSR count). The fourth-order valence-electron chi connectivity index (χ4n) is 2.41. The molecular formula is C18H15N7O2S. The average Bonchev–Trinajstić information content (AvgIpc) is 3.44. The van der Waals surface area contributed by atoms with Crippen LogP contribution in [-0.4, -0.2) is 43.0 Å². The Morgan fingerprint density at radius 3 is 2.71 bits per heavy atom. The molecular weight excluding hydrogens is 378 g/mol. The molecule has 0 unspecified atom stereocenters. The van der Waals surface area contributed by atoms with Crippen molar-refractivity contribution >= 4 is 17.2 Å². The minimum Gasteiger partial charge on any atom is -0.497 e. The maximum absolute atomic E-state index is 12.3. The molecule has 9 nitrogen and oxygen atoms in total. The first kappa shape index (κ1) is 17.7. The molecule has 0 spiro atoms. The quantitative estimate of drug-likeness (QED) is 0.534. The molecule has 0 saturated carbocycles. The number of nitrogens with one attached hydrogen (secondary N) is 1. The van der Waals surface area contributed by atoms with Crippen LogP contribution >= 0.6 is 11.3 Å². The van der Waals surface area contributed by atoms with Crippen molar-refractivity contribution in [2.75, 3.05) is 7.11 Å². The number of nitrogens with zero attached hydrogens (tertiary/aromatic N) is 6. The van der Waals surface area contributed by atoms with Gasteiger partial charge in [-0.2, -0.15) is 5.10 Å². The van der Waals surface area contributed by atoms with Crippen LogP contribution in [0.5, 0.6) is 5.75 Å². The molecule has 10 heteroatoms. The van der Waals surface area contributed by atoms with Crippen molar-refractivity contribution in [3.05, 3.63) is 65.8 Å². The zero-order valence-electron chi connectivity index (χ0n) is 14.8. The van der Waals surface area contributed by atoms with E-state index in [1.54, 1.807) is 19.2 Å². The maximum Gasteiger partial charge on any atom is 0.272 e. The molecule has 0 radical (unpaired) electrons. The largest absolute Gasteiger partial charge is 0.497 e. The van der Waals surface area contributed by atoms with Crippen LogP contribution in [0.1, 0.15) is 16.2 Å². The van der Waals surface area contributed by atoms with Gasteiger partial charge in [0.1, 0.15) is 23.4 Å². The minimum absolute atomic E-state index is 0.217. The molecule has 3 aromatic heterocycles. The molecule has 0 saturated heterocycles. The summed E-state index contributed by atoms with van der Waals surface area (Å²) in [7, 11) is 1.63. The number of methoxy groups -OCH3 is 1. The highest BCUT2D eigenvalue weighted by molar-refractivity contribution is 7.13. The van der Waals surface area contributed by atoms with Crippen LogP contribution in [0.2, 0.25) is 0 Å². The number of thiazole rings is 1. The molecule has 1 aromatic carbocycles. The molecule has 0 aliphatic rings. The Kier molecular flexibility index (Phi) is 5.02. The monoisotopic (exact) mass is 393 g/mol. The van der Waals surface area contributed by atoms with E-state index in [4.69, 9.17) is 4.74 Å². The number of rotatable bonds is 6. The second-order valence-corrected chi connectivity index (χ2v) is 6.53. The lowest BCUT2D eigenvalue weighted by molar-refractivity contribution is 0.0944. The van der Waals surface area contributed by atoms with Gasteiger partial charge in [0.15, 0.2) is 11.5 Å². The Labute approximate surface area is 164 Å². The number of carbonyl (C=O) groups excluding carboxylic acids is 1. The van der Waals surface area contributed by atoms with Gasteiger partial charge in [0.25, 0.3) is 5.91 Å². The summed E-state index contributed by atoms with van der Waals surface area (Å²) in [6.07, 6.45) is 2.91. The van der Waals surface area contributed by atoms with E-state index < -0.39 is 0 Å². The second-order valence-electron chi connectivity index (χ2n) is 5.67. The Bertz CT molecular complexity index is 1060. The van der Waals surface area contributed by atoms with Crippen LogP contribution in [0.15, 0.2) is 54.4 Å². The summed E-state index contributed by atoms with van der Waals surface area (Å²) >= 11 is 1.52. The summed E-state index contributed by atoms with van der Waals surface area (Å²) in [6.45, 7) is 0.304. The number of aromatic nitrogens is 6. The van der Waals surface area contributed by atoms with Crippen LogP contribution in [0.3, 0.4) is 0 Å². The Hall–Kier alpha value is -3.66. The van der Waals surface area contributed by atoms with Crippen molar-refractivity contribution in [2.24, 2.45) is 0 Å². The van der Waals surface area contributed by atoms with Gasteiger partial charge in [-0.15, -0.1) is 21.5 Å². The SMILES string of the molecule is COc1ccc(-c2nc(CNC(=O)c3ccc(-n4cncn4)nn3)cs2)cc1. The third-order valence-electron chi connectivity index (χ3n) is 3.86. The fourth-order valence-corrected chi connectivity index (χ4v) is 3.24. The van der Waals surface area contributed by atoms with Crippen LogP contribution < -0.4 is 10.1 Å². The summed E-state index contributed by atoms with van der Waals surface area (Å²) in [5.74, 6) is 0.957. The van der Waals surface area contributed by atoms with Crippen LogP contribution in [0, 0.1) is 0 Å². The van der Waals surface area contributed by atoms with Crippen molar-refractivity contribution < 1.29 is 9.53 Å². The van der Waals surface area contributed by atoms with Gasteiger partial charge in [0.2, 0.25) is 0 Å². The highest BCUT2D eigenvalue weighted by atomic mass is 32.1. The minimum atomic E-state index is -0.323. The molecule has 0 atom stereocenters. The Balaban J connectivity index is 1.37. The van der Waals surface area contributed by atoms with E-state index in [0.29, 0.717) is 12.4 Å². The summed E-state index contributed by atoms with van der Waals surface area (Å²) in [6, 6.07) is 10.9. The van der Waals surface area contributed by atoms with E-state index in [1.165, 1.54) is 28.7 Å². The molecule has 1 N–H and O–H groups in total. The highest BCUT2D eigenvalue weighted by Crippen LogP contribution is 2.25. The van der Waals surface area contributed by atoms with E-state index in [9.17, 15) is 4.79 Å². The Morgan fingerprint density at radius 2 is 2.04 bits per heavy atom.